The molecular weight excluding hydrogens is 413 g/mol. The van der Waals surface area contributed by atoms with Crippen molar-refractivity contribution in [2.24, 2.45) is 10.6 Å². The lowest BCUT2D eigenvalue weighted by Gasteiger charge is -2.30. The van der Waals surface area contributed by atoms with Gasteiger partial charge in [-0.05, 0) is 66.5 Å². The molecule has 2 aromatic carbocycles. The van der Waals surface area contributed by atoms with Crippen LogP contribution in [0.15, 0.2) is 59.5 Å². The molecular formula is C22H23Cl2NO2S. The van der Waals surface area contributed by atoms with Crippen LogP contribution in [0.5, 0.6) is 0 Å². The molecule has 3 nitrogen and oxygen atoms in total. The predicted octanol–water partition coefficient (Wildman–Crippen LogP) is 5.81. The molecule has 6 heteroatoms. The second-order valence-electron chi connectivity index (χ2n) is 8.51. The highest BCUT2D eigenvalue weighted by atomic mass is 35.5. The highest BCUT2D eigenvalue weighted by Crippen LogP contribution is 2.61. The van der Waals surface area contributed by atoms with E-state index in [2.05, 4.69) is 25.1 Å². The van der Waals surface area contributed by atoms with Crippen LogP contribution in [0.25, 0.3) is 0 Å². The number of halogens is 2. The summed E-state index contributed by atoms with van der Waals surface area (Å²) in [4.78, 5) is 0.146. The molecule has 0 aliphatic heterocycles. The largest absolute Gasteiger partial charge is 0.238 e. The van der Waals surface area contributed by atoms with Crippen molar-refractivity contribution in [1.82, 2.24) is 0 Å². The lowest BCUT2D eigenvalue weighted by atomic mass is 9.74. The summed E-state index contributed by atoms with van der Waals surface area (Å²) in [7, 11) is -3.68. The summed E-state index contributed by atoms with van der Waals surface area (Å²) in [6, 6.07) is 12.9. The van der Waals surface area contributed by atoms with Gasteiger partial charge in [-0.1, -0.05) is 60.5 Å². The summed E-state index contributed by atoms with van der Waals surface area (Å²) < 4.78 is 23.1. The van der Waals surface area contributed by atoms with Gasteiger partial charge >= 0.3 is 0 Å². The minimum atomic E-state index is -3.68. The van der Waals surface area contributed by atoms with E-state index in [9.17, 15) is 8.42 Å². The molecule has 2 aliphatic carbocycles. The zero-order valence-electron chi connectivity index (χ0n) is 15.7. The monoisotopic (exact) mass is 435 g/mol. The standard InChI is InChI=1S/C22H23Cl2NO2S/c1-21(17-3-5-18(6-4-17)28(25,26)27)9-8-16(13-22(14-21)10-11-22)15-2-7-19(23)20(24)12-15/h2-9,12,16H,10-11,13-14H2,1H3,(H2,25,26,27). The minimum Gasteiger partial charge on any atom is -0.225 e. The third-order valence-corrected chi connectivity index (χ3v) is 7.93. The Hall–Kier alpha value is -1.33. The van der Waals surface area contributed by atoms with Crippen molar-refractivity contribution in [3.8, 4) is 0 Å². The Balaban J connectivity index is 1.69. The quantitative estimate of drug-likeness (QED) is 0.617. The Morgan fingerprint density at radius 3 is 2.29 bits per heavy atom. The molecule has 1 spiro atoms. The number of allylic oxidation sites excluding steroid dienone is 2. The molecule has 1 fully saturated rings. The summed E-state index contributed by atoms with van der Waals surface area (Å²) in [5, 5.41) is 6.40. The van der Waals surface area contributed by atoms with Crippen molar-refractivity contribution in [3.63, 3.8) is 0 Å². The number of nitrogens with two attached hydrogens (primary N) is 1. The van der Waals surface area contributed by atoms with Crippen molar-refractivity contribution in [1.29, 1.82) is 0 Å². The number of benzene rings is 2. The minimum absolute atomic E-state index is 0.146. The Labute approximate surface area is 176 Å². The van der Waals surface area contributed by atoms with E-state index in [4.69, 9.17) is 28.3 Å². The van der Waals surface area contributed by atoms with E-state index >= 15 is 0 Å². The molecule has 2 atom stereocenters. The van der Waals surface area contributed by atoms with Gasteiger partial charge < -0.3 is 0 Å². The molecule has 2 aliphatic rings. The first-order valence-corrected chi connectivity index (χ1v) is 11.7. The fourth-order valence-electron chi connectivity index (χ4n) is 4.53. The van der Waals surface area contributed by atoms with E-state index in [1.807, 2.05) is 24.3 Å². The van der Waals surface area contributed by atoms with Gasteiger partial charge in [0.2, 0.25) is 10.0 Å². The topological polar surface area (TPSA) is 60.2 Å². The Bertz CT molecular complexity index is 1040. The first kappa shape index (κ1) is 20.0. The lowest BCUT2D eigenvalue weighted by molar-refractivity contribution is 0.351. The number of rotatable bonds is 3. The maximum Gasteiger partial charge on any atom is 0.238 e. The number of primary sulfonamides is 1. The maximum atomic E-state index is 11.6. The van der Waals surface area contributed by atoms with Crippen LogP contribution in [-0.4, -0.2) is 8.42 Å². The molecule has 2 N–H and O–H groups in total. The fourth-order valence-corrected chi connectivity index (χ4v) is 5.35. The first-order valence-electron chi connectivity index (χ1n) is 9.38. The lowest BCUT2D eigenvalue weighted by Crippen LogP contribution is -2.23. The van der Waals surface area contributed by atoms with Crippen LogP contribution in [0.4, 0.5) is 0 Å². The molecule has 0 aromatic heterocycles. The predicted molar refractivity (Wildman–Crippen MR) is 114 cm³/mol. The van der Waals surface area contributed by atoms with E-state index in [0.29, 0.717) is 21.4 Å². The van der Waals surface area contributed by atoms with E-state index in [1.54, 1.807) is 12.1 Å². The highest BCUT2D eigenvalue weighted by Gasteiger charge is 2.49. The Morgan fingerprint density at radius 1 is 1.04 bits per heavy atom. The van der Waals surface area contributed by atoms with Crippen LogP contribution in [0.1, 0.15) is 49.7 Å². The molecule has 2 aromatic rings. The van der Waals surface area contributed by atoms with Gasteiger partial charge in [-0.25, -0.2) is 13.6 Å². The first-order chi connectivity index (χ1) is 13.1. The van der Waals surface area contributed by atoms with Crippen molar-refractivity contribution in [2.45, 2.75) is 48.8 Å². The Morgan fingerprint density at radius 2 is 1.71 bits per heavy atom. The molecule has 148 valence electrons. The van der Waals surface area contributed by atoms with Crippen molar-refractivity contribution >= 4 is 33.2 Å². The molecule has 0 amide bonds. The average molecular weight is 436 g/mol. The van der Waals surface area contributed by atoms with Gasteiger partial charge in [0.05, 0.1) is 14.9 Å². The van der Waals surface area contributed by atoms with E-state index in [0.717, 1.165) is 18.4 Å². The van der Waals surface area contributed by atoms with Crippen LogP contribution >= 0.6 is 23.2 Å². The van der Waals surface area contributed by atoms with Crippen LogP contribution in [0, 0.1) is 5.41 Å². The molecule has 4 rings (SSSR count). The maximum absolute atomic E-state index is 11.6. The SMILES string of the molecule is CC1(c2ccc(S(N)(=O)=O)cc2)C=CC(c2ccc(Cl)c(Cl)c2)CC2(CC2)C1. The van der Waals surface area contributed by atoms with Gasteiger partial charge in [-0.2, -0.15) is 0 Å². The van der Waals surface area contributed by atoms with E-state index < -0.39 is 10.0 Å². The number of sulfonamides is 1. The van der Waals surface area contributed by atoms with Crippen molar-refractivity contribution < 1.29 is 8.42 Å². The van der Waals surface area contributed by atoms with Crippen LogP contribution in [0.3, 0.4) is 0 Å². The third kappa shape index (κ3) is 3.88. The summed E-state index contributed by atoms with van der Waals surface area (Å²) in [6.07, 6.45) is 9.13. The van der Waals surface area contributed by atoms with Crippen molar-refractivity contribution in [2.75, 3.05) is 0 Å². The second kappa shape index (κ2) is 6.88. The van der Waals surface area contributed by atoms with Crippen molar-refractivity contribution in [3.05, 3.63) is 75.8 Å². The van der Waals surface area contributed by atoms with Gasteiger partial charge in [0, 0.05) is 11.3 Å². The van der Waals surface area contributed by atoms with E-state index in [1.165, 1.54) is 18.4 Å². The molecule has 0 heterocycles. The number of hydrogen-bond donors (Lipinski definition) is 1. The summed E-state index contributed by atoms with van der Waals surface area (Å²) >= 11 is 12.3. The zero-order chi connectivity index (χ0) is 20.2. The third-order valence-electron chi connectivity index (χ3n) is 6.26. The van der Waals surface area contributed by atoms with Gasteiger partial charge in [-0.15, -0.1) is 0 Å². The normalized spacial score (nSPS) is 26.2. The van der Waals surface area contributed by atoms with Gasteiger partial charge in [-0.3, -0.25) is 0 Å². The molecule has 0 saturated heterocycles. The molecule has 0 radical (unpaired) electrons. The molecule has 28 heavy (non-hydrogen) atoms. The van der Waals surface area contributed by atoms with Gasteiger partial charge in [0.25, 0.3) is 0 Å². The molecule has 2 unspecified atom stereocenters. The zero-order valence-corrected chi connectivity index (χ0v) is 18.0. The van der Waals surface area contributed by atoms with Crippen LogP contribution in [-0.2, 0) is 15.4 Å². The molecule has 0 bridgehead atoms. The highest BCUT2D eigenvalue weighted by molar-refractivity contribution is 7.89. The summed E-state index contributed by atoms with van der Waals surface area (Å²) in [6.45, 7) is 2.23. The average Bonchev–Trinajstić information content (AvgIpc) is 3.41. The Kier molecular flexibility index (Phi) is 4.90. The second-order valence-corrected chi connectivity index (χ2v) is 10.9. The summed E-state index contributed by atoms with van der Waals surface area (Å²) in [5.74, 6) is 0.294. The van der Waals surface area contributed by atoms with Gasteiger partial charge in [0.15, 0.2) is 0 Å². The fraction of sp³-hybridized carbons (Fsp3) is 0.364. The number of hydrogen-bond acceptors (Lipinski definition) is 2. The van der Waals surface area contributed by atoms with Crippen LogP contribution < -0.4 is 5.14 Å². The van der Waals surface area contributed by atoms with Gasteiger partial charge in [0.1, 0.15) is 0 Å². The smallest absolute Gasteiger partial charge is 0.225 e. The summed E-state index contributed by atoms with van der Waals surface area (Å²) in [5.41, 5.74) is 2.45. The van der Waals surface area contributed by atoms with E-state index in [-0.39, 0.29) is 10.3 Å². The molecule has 1 saturated carbocycles. The van der Waals surface area contributed by atoms with Crippen LogP contribution in [0.2, 0.25) is 10.0 Å².